The molecule has 0 spiro atoms. The Labute approximate surface area is 169 Å². The van der Waals surface area contributed by atoms with Gasteiger partial charge in [0.05, 0.1) is 12.2 Å². The van der Waals surface area contributed by atoms with Gasteiger partial charge in [0.2, 0.25) is 0 Å². The monoisotopic (exact) mass is 392 g/mol. The smallest absolute Gasteiger partial charge is 0.338 e. The van der Waals surface area contributed by atoms with E-state index in [1.807, 2.05) is 30.3 Å². The highest BCUT2D eigenvalue weighted by molar-refractivity contribution is 6.07. The van der Waals surface area contributed by atoms with Crippen molar-refractivity contribution in [2.24, 2.45) is 0 Å². The highest BCUT2D eigenvalue weighted by Crippen LogP contribution is 2.24. The fourth-order valence-electron chi connectivity index (χ4n) is 3.14. The average molecular weight is 393 g/mol. The van der Waals surface area contributed by atoms with Crippen molar-refractivity contribution in [1.29, 1.82) is 0 Å². The fourth-order valence-corrected chi connectivity index (χ4v) is 3.14. The number of nitrogen functional groups attached to an aromatic ring is 1. The number of hydrogen-bond donors (Lipinski definition) is 1. The first-order valence-corrected chi connectivity index (χ1v) is 9.84. The molecule has 0 aliphatic carbocycles. The van der Waals surface area contributed by atoms with Gasteiger partial charge in [-0.2, -0.15) is 0 Å². The van der Waals surface area contributed by atoms with Crippen molar-refractivity contribution in [2.75, 3.05) is 32.0 Å². The summed E-state index contributed by atoms with van der Waals surface area (Å²) in [5.74, 6) is -0.269. The van der Waals surface area contributed by atoms with Crippen molar-refractivity contribution in [3.05, 3.63) is 42.0 Å². The van der Waals surface area contributed by atoms with Crippen LogP contribution in [0, 0.1) is 0 Å². The van der Waals surface area contributed by atoms with E-state index in [4.69, 9.17) is 10.5 Å². The Balaban J connectivity index is 0.00000364. The number of nitrogens with two attached hydrogens (primary N) is 1. The summed E-state index contributed by atoms with van der Waals surface area (Å²) in [5, 5.41) is 1.75. The zero-order valence-corrected chi connectivity index (χ0v) is 17.4. The van der Waals surface area contributed by atoms with Crippen LogP contribution in [0.1, 0.15) is 56.3 Å². The van der Waals surface area contributed by atoms with Crippen LogP contribution in [-0.2, 0) is 4.74 Å². The normalized spacial score (nSPS) is 10.8. The summed E-state index contributed by atoms with van der Waals surface area (Å²) in [6, 6.07) is 11.2. The van der Waals surface area contributed by atoms with Gasteiger partial charge in [-0.05, 0) is 49.9 Å². The fraction of sp³-hybridized carbons (Fsp3) is 0.500. The van der Waals surface area contributed by atoms with Crippen molar-refractivity contribution in [2.45, 2.75) is 46.0 Å². The van der Waals surface area contributed by atoms with Gasteiger partial charge in [0, 0.05) is 17.6 Å². The standard InChI is InChI=1S/C22H32N2O2.ClH/c1-3-5-14-24(15-6-4-2)16-9-17-26-22(25)20-12-7-11-19-18(20)10-8-13-21(19)23;/h7-8,10-13H,3-6,9,14-17,23H2,1-2H3;1H. The molecule has 2 rings (SSSR count). The second-order valence-electron chi connectivity index (χ2n) is 6.79. The Morgan fingerprint density at radius 1 is 0.926 bits per heavy atom. The predicted molar refractivity (Wildman–Crippen MR) is 117 cm³/mol. The van der Waals surface area contributed by atoms with E-state index in [-0.39, 0.29) is 18.4 Å². The molecule has 150 valence electrons. The summed E-state index contributed by atoms with van der Waals surface area (Å²) >= 11 is 0. The summed E-state index contributed by atoms with van der Waals surface area (Å²) < 4.78 is 5.53. The van der Waals surface area contributed by atoms with Crippen LogP contribution in [0.4, 0.5) is 5.69 Å². The average Bonchev–Trinajstić information content (AvgIpc) is 2.66. The third-order valence-corrected chi connectivity index (χ3v) is 4.68. The number of anilines is 1. The highest BCUT2D eigenvalue weighted by atomic mass is 35.5. The summed E-state index contributed by atoms with van der Waals surface area (Å²) in [6.45, 7) is 8.13. The molecule has 0 aromatic heterocycles. The van der Waals surface area contributed by atoms with Crippen molar-refractivity contribution >= 4 is 34.8 Å². The topological polar surface area (TPSA) is 55.6 Å². The van der Waals surface area contributed by atoms with E-state index in [2.05, 4.69) is 18.7 Å². The van der Waals surface area contributed by atoms with Crippen molar-refractivity contribution in [3.8, 4) is 0 Å². The van der Waals surface area contributed by atoms with E-state index in [0.29, 0.717) is 17.9 Å². The number of unbranched alkanes of at least 4 members (excludes halogenated alkanes) is 2. The second-order valence-corrected chi connectivity index (χ2v) is 6.79. The second kappa shape index (κ2) is 12.6. The van der Waals surface area contributed by atoms with E-state index in [9.17, 15) is 4.79 Å². The first-order chi connectivity index (χ1) is 12.7. The van der Waals surface area contributed by atoms with E-state index in [1.54, 1.807) is 6.07 Å². The molecule has 0 fully saturated rings. The molecule has 4 nitrogen and oxygen atoms in total. The largest absolute Gasteiger partial charge is 0.462 e. The minimum Gasteiger partial charge on any atom is -0.462 e. The molecule has 27 heavy (non-hydrogen) atoms. The van der Waals surface area contributed by atoms with Gasteiger partial charge in [0.15, 0.2) is 0 Å². The molecular formula is C22H33ClN2O2. The van der Waals surface area contributed by atoms with Crippen molar-refractivity contribution in [1.82, 2.24) is 4.90 Å². The molecule has 0 atom stereocenters. The maximum atomic E-state index is 12.5. The maximum absolute atomic E-state index is 12.5. The molecule has 0 bridgehead atoms. The number of carbonyl (C=O) groups is 1. The molecule has 0 heterocycles. The zero-order valence-electron chi connectivity index (χ0n) is 16.6. The quantitative estimate of drug-likeness (QED) is 0.320. The summed E-state index contributed by atoms with van der Waals surface area (Å²) in [5.41, 5.74) is 7.27. The van der Waals surface area contributed by atoms with Gasteiger partial charge in [-0.1, -0.05) is 51.0 Å². The van der Waals surface area contributed by atoms with Gasteiger partial charge in [-0.15, -0.1) is 12.4 Å². The number of hydrogen-bond acceptors (Lipinski definition) is 4. The van der Waals surface area contributed by atoms with Crippen molar-refractivity contribution in [3.63, 3.8) is 0 Å². The van der Waals surface area contributed by atoms with Crippen LogP contribution < -0.4 is 5.73 Å². The summed E-state index contributed by atoms with van der Waals surface area (Å²) in [6.07, 6.45) is 5.73. The van der Waals surface area contributed by atoms with Crippen LogP contribution in [0.15, 0.2) is 36.4 Å². The molecule has 2 aromatic carbocycles. The van der Waals surface area contributed by atoms with E-state index in [0.717, 1.165) is 36.8 Å². The van der Waals surface area contributed by atoms with Gasteiger partial charge < -0.3 is 15.4 Å². The highest BCUT2D eigenvalue weighted by Gasteiger charge is 2.12. The first kappa shape index (κ1) is 23.3. The van der Waals surface area contributed by atoms with Gasteiger partial charge in [0.1, 0.15) is 0 Å². The SMILES string of the molecule is CCCCN(CCCC)CCCOC(=O)c1cccc2c(N)cccc12.Cl. The first-order valence-electron chi connectivity index (χ1n) is 9.84. The molecule has 0 amide bonds. The van der Waals surface area contributed by atoms with Crippen LogP contribution >= 0.6 is 12.4 Å². The minimum atomic E-state index is -0.269. The lowest BCUT2D eigenvalue weighted by molar-refractivity contribution is 0.0490. The van der Waals surface area contributed by atoms with Crippen LogP contribution in [0.5, 0.6) is 0 Å². The molecule has 2 N–H and O–H groups in total. The van der Waals surface area contributed by atoms with Gasteiger partial charge in [0.25, 0.3) is 0 Å². The lowest BCUT2D eigenvalue weighted by atomic mass is 10.0. The van der Waals surface area contributed by atoms with Gasteiger partial charge >= 0.3 is 5.97 Å². The molecule has 0 radical (unpaired) electrons. The van der Waals surface area contributed by atoms with E-state index in [1.165, 1.54) is 25.7 Å². The van der Waals surface area contributed by atoms with E-state index >= 15 is 0 Å². The molecular weight excluding hydrogens is 360 g/mol. The number of rotatable bonds is 11. The lowest BCUT2D eigenvalue weighted by Gasteiger charge is -2.21. The predicted octanol–water partition coefficient (Wildman–Crippen LogP) is 5.29. The summed E-state index contributed by atoms with van der Waals surface area (Å²) in [4.78, 5) is 15.0. The lowest BCUT2D eigenvalue weighted by Crippen LogP contribution is -2.28. The number of esters is 1. The number of ether oxygens (including phenoxy) is 1. The molecule has 0 aliphatic rings. The molecule has 5 heteroatoms. The molecule has 0 saturated heterocycles. The Morgan fingerprint density at radius 2 is 1.52 bits per heavy atom. The van der Waals surface area contributed by atoms with Crippen LogP contribution in [0.2, 0.25) is 0 Å². The number of halogens is 1. The third-order valence-electron chi connectivity index (χ3n) is 4.68. The maximum Gasteiger partial charge on any atom is 0.338 e. The van der Waals surface area contributed by atoms with Crippen LogP contribution in [-0.4, -0.2) is 37.1 Å². The van der Waals surface area contributed by atoms with E-state index < -0.39 is 0 Å². The van der Waals surface area contributed by atoms with Gasteiger partial charge in [-0.3, -0.25) is 0 Å². The third kappa shape index (κ3) is 7.04. The molecule has 0 saturated carbocycles. The number of nitrogens with zero attached hydrogens (tertiary/aromatic N) is 1. The van der Waals surface area contributed by atoms with Crippen LogP contribution in [0.3, 0.4) is 0 Å². The Hall–Kier alpha value is -1.78. The number of fused-ring (bicyclic) bond motifs is 1. The number of benzene rings is 2. The zero-order chi connectivity index (χ0) is 18.8. The molecule has 0 unspecified atom stereocenters. The minimum absolute atomic E-state index is 0. The Morgan fingerprint density at radius 3 is 2.19 bits per heavy atom. The number of carbonyl (C=O) groups excluding carboxylic acids is 1. The van der Waals surface area contributed by atoms with Crippen molar-refractivity contribution < 1.29 is 9.53 Å². The molecule has 0 aliphatic heterocycles. The van der Waals surface area contributed by atoms with Crippen LogP contribution in [0.25, 0.3) is 10.8 Å². The summed E-state index contributed by atoms with van der Waals surface area (Å²) in [7, 11) is 0. The van der Waals surface area contributed by atoms with Gasteiger partial charge in [-0.25, -0.2) is 4.79 Å². The Kier molecular flexibility index (Phi) is 10.8. The molecule has 2 aromatic rings. The Bertz CT molecular complexity index is 698.